The third kappa shape index (κ3) is 7.56. The van der Waals surface area contributed by atoms with Crippen LogP contribution >= 0.6 is 0 Å². The number of nitrogens with one attached hydrogen (secondary N) is 3. The van der Waals surface area contributed by atoms with E-state index in [4.69, 9.17) is 19.9 Å². The summed E-state index contributed by atoms with van der Waals surface area (Å²) in [5, 5.41) is 16.1. The molecule has 1 spiro atoms. The first-order valence-corrected chi connectivity index (χ1v) is 20.9. The smallest absolute Gasteiger partial charge is 0.421 e. The fraction of sp³-hybridized carbons (Fsp3) is 0.224. The maximum absolute atomic E-state index is 16.2. The number of aromatic amines is 1. The average Bonchev–Trinajstić information content (AvgIpc) is 3.96. The molecular weight excluding hydrogens is 831 g/mol. The molecule has 5 aromatic carbocycles. The van der Waals surface area contributed by atoms with Crippen LogP contribution in [0.15, 0.2) is 127 Å². The molecule has 16 heteroatoms. The number of phenolic OH excluding ortho intramolecular Hbond substituents is 1. The lowest BCUT2D eigenvalue weighted by molar-refractivity contribution is -0.178. The second-order valence-electron chi connectivity index (χ2n) is 15.8. The van der Waals surface area contributed by atoms with E-state index in [1.165, 1.54) is 19.2 Å². The molecule has 6 N–H and O–H groups in total. The number of anilines is 1. The number of esters is 1. The Bertz CT molecular complexity index is 2830. The Hall–Kier alpha value is -8.00. The number of methoxy groups -OCH3 is 1. The molecule has 16 nitrogen and oxygen atoms in total. The van der Waals surface area contributed by atoms with E-state index in [-0.39, 0.29) is 43.3 Å². The first-order chi connectivity index (χ1) is 31.6. The topological polar surface area (TPSA) is 219 Å². The third-order valence-corrected chi connectivity index (χ3v) is 12.1. The van der Waals surface area contributed by atoms with Crippen LogP contribution in [0.4, 0.5) is 15.3 Å². The number of aromatic nitrogens is 2. The van der Waals surface area contributed by atoms with Crippen molar-refractivity contribution < 1.29 is 43.3 Å². The van der Waals surface area contributed by atoms with Gasteiger partial charge in [-0.15, -0.1) is 0 Å². The summed E-state index contributed by atoms with van der Waals surface area (Å²) in [5.74, 6) is 2.28. The SMILES string of the molecule is COCCOC(=O)N1C(=O)[C@@]2(c3cc(C#CCNC(N)=O)ccc31)[C@H](c1ccc(O)cc1)N1[C@H](c3ccccc3)[C@H](c3ccccc3)OC(=O)[C@H]1[C@@H]2C(=O)NCc1nc2ccccc2[nH]1. The van der Waals surface area contributed by atoms with Crippen LogP contribution in [0.3, 0.4) is 0 Å². The molecule has 0 bridgehead atoms. The summed E-state index contributed by atoms with van der Waals surface area (Å²) in [6.07, 6.45) is -1.98. The van der Waals surface area contributed by atoms with Gasteiger partial charge in [0.1, 0.15) is 35.7 Å². The number of imidazole rings is 1. The Morgan fingerprint density at radius 2 is 1.57 bits per heavy atom. The number of nitrogens with two attached hydrogens (primary N) is 1. The van der Waals surface area contributed by atoms with Gasteiger partial charge in [0.25, 0.3) is 0 Å². The number of phenols is 1. The minimum Gasteiger partial charge on any atom is -0.508 e. The van der Waals surface area contributed by atoms with Crippen LogP contribution < -0.4 is 21.3 Å². The number of fused-ring (bicyclic) bond motifs is 4. The van der Waals surface area contributed by atoms with Crippen molar-refractivity contribution in [2.45, 2.75) is 36.2 Å². The van der Waals surface area contributed by atoms with E-state index in [1.807, 2.05) is 89.8 Å². The van der Waals surface area contributed by atoms with Gasteiger partial charge in [0.2, 0.25) is 11.8 Å². The maximum Gasteiger partial charge on any atom is 0.421 e. The molecule has 0 saturated carbocycles. The minimum absolute atomic E-state index is 0.0317. The second kappa shape index (κ2) is 17.6. The predicted molar refractivity (Wildman–Crippen MR) is 236 cm³/mol. The summed E-state index contributed by atoms with van der Waals surface area (Å²) in [5.41, 5.74) is 7.07. The van der Waals surface area contributed by atoms with Crippen molar-refractivity contribution in [3.63, 3.8) is 0 Å². The number of imide groups is 1. The number of carbonyl (C=O) groups excluding carboxylic acids is 5. The Morgan fingerprint density at radius 3 is 2.28 bits per heavy atom. The number of cyclic esters (lactones) is 1. The molecule has 2 fully saturated rings. The van der Waals surface area contributed by atoms with Gasteiger partial charge in [-0.25, -0.2) is 19.5 Å². The highest BCUT2D eigenvalue weighted by Gasteiger charge is 2.75. The van der Waals surface area contributed by atoms with Gasteiger partial charge < -0.3 is 40.7 Å². The first-order valence-electron chi connectivity index (χ1n) is 20.9. The number of morpholine rings is 1. The highest BCUT2D eigenvalue weighted by molar-refractivity contribution is 6.23. The standard InChI is InChI=1S/C49H43N7O9/c1-63-25-26-64-48(62)55-37-23-18-29(11-10-24-51-47(50)61)27-34(37)49(46(55)60)39(44(58)52-28-38-53-35-16-8-9-17-36(35)54-38)41-45(59)65-42(31-14-6-3-7-15-31)40(30-12-4-2-5-13-30)56(41)43(49)32-19-21-33(57)22-20-32/h2-9,12-23,27,39-43,57H,24-26,28H2,1H3,(H,52,58)(H,53,54)(H3,50,51,61)/t39-,40-,41-,42+,43+,49-/m1/s1. The van der Waals surface area contributed by atoms with Crippen LogP contribution in [0.2, 0.25) is 0 Å². The lowest BCUT2D eigenvalue weighted by Gasteiger charge is -2.46. The van der Waals surface area contributed by atoms with E-state index < -0.39 is 65.5 Å². The van der Waals surface area contributed by atoms with Crippen LogP contribution in [-0.4, -0.2) is 82.8 Å². The van der Waals surface area contributed by atoms with Crippen LogP contribution in [0.1, 0.15) is 51.8 Å². The molecule has 6 aromatic rings. The van der Waals surface area contributed by atoms with Gasteiger partial charge in [0.15, 0.2) is 0 Å². The van der Waals surface area contributed by atoms with Crippen LogP contribution in [0, 0.1) is 17.8 Å². The predicted octanol–water partition coefficient (Wildman–Crippen LogP) is 5.05. The first kappa shape index (κ1) is 42.3. The number of carbonyl (C=O) groups is 5. The Morgan fingerprint density at radius 1 is 0.862 bits per heavy atom. The molecule has 3 aliphatic rings. The van der Waals surface area contributed by atoms with E-state index in [2.05, 4.69) is 32.4 Å². The van der Waals surface area contributed by atoms with E-state index in [9.17, 15) is 14.7 Å². The number of H-pyrrole nitrogens is 1. The zero-order chi connectivity index (χ0) is 45.2. The van der Waals surface area contributed by atoms with Gasteiger partial charge in [-0.05, 0) is 64.7 Å². The lowest BCUT2D eigenvalue weighted by atomic mass is 9.65. The molecule has 65 heavy (non-hydrogen) atoms. The van der Waals surface area contributed by atoms with Crippen molar-refractivity contribution in [1.82, 2.24) is 25.5 Å². The van der Waals surface area contributed by atoms with Gasteiger partial charge in [-0.3, -0.25) is 19.3 Å². The van der Waals surface area contributed by atoms with Crippen LogP contribution in [0.25, 0.3) is 11.0 Å². The highest BCUT2D eigenvalue weighted by atomic mass is 16.6. The summed E-state index contributed by atoms with van der Waals surface area (Å²) in [6.45, 7) is -0.387. The number of aromatic hydroxyl groups is 1. The highest BCUT2D eigenvalue weighted by Crippen LogP contribution is 2.66. The quantitative estimate of drug-likeness (QED) is 0.0697. The van der Waals surface area contributed by atoms with Crippen molar-refractivity contribution in [3.8, 4) is 17.6 Å². The van der Waals surface area contributed by atoms with Gasteiger partial charge in [0.05, 0.1) is 54.4 Å². The molecule has 0 unspecified atom stereocenters. The molecule has 0 aliphatic carbocycles. The fourth-order valence-electron chi connectivity index (χ4n) is 9.55. The molecule has 0 radical (unpaired) electrons. The number of para-hydroxylation sites is 2. The molecule has 5 amide bonds. The van der Waals surface area contributed by atoms with E-state index in [0.29, 0.717) is 33.6 Å². The molecule has 9 rings (SSSR count). The van der Waals surface area contributed by atoms with Crippen LogP contribution in [-0.2, 0) is 40.6 Å². The summed E-state index contributed by atoms with van der Waals surface area (Å²) < 4.78 is 17.3. The monoisotopic (exact) mass is 873 g/mol. The molecular formula is C49H43N7O9. The molecule has 3 aliphatic heterocycles. The van der Waals surface area contributed by atoms with Crippen molar-refractivity contribution in [3.05, 3.63) is 161 Å². The molecule has 6 atom stereocenters. The number of amides is 5. The number of hydrogen-bond donors (Lipinski definition) is 5. The number of hydrogen-bond acceptors (Lipinski definition) is 11. The minimum atomic E-state index is -2.10. The second-order valence-corrected chi connectivity index (χ2v) is 15.8. The average molecular weight is 874 g/mol. The zero-order valence-electron chi connectivity index (χ0n) is 35.0. The normalized spacial score (nSPS) is 22.1. The molecule has 2 saturated heterocycles. The number of ether oxygens (including phenoxy) is 3. The summed E-state index contributed by atoms with van der Waals surface area (Å²) in [6, 6.07) is 32.6. The van der Waals surface area contributed by atoms with Gasteiger partial charge in [-0.1, -0.05) is 96.8 Å². The summed E-state index contributed by atoms with van der Waals surface area (Å²) in [7, 11) is 1.44. The van der Waals surface area contributed by atoms with E-state index in [0.717, 1.165) is 10.4 Å². The lowest BCUT2D eigenvalue weighted by Crippen LogP contribution is -2.55. The third-order valence-electron chi connectivity index (χ3n) is 12.1. The Labute approximate surface area is 372 Å². The number of urea groups is 1. The summed E-state index contributed by atoms with van der Waals surface area (Å²) in [4.78, 5) is 83.5. The Balaban J connectivity index is 1.31. The largest absolute Gasteiger partial charge is 0.508 e. The van der Waals surface area contributed by atoms with Crippen molar-refractivity contribution in [1.29, 1.82) is 0 Å². The molecule has 1 aromatic heterocycles. The van der Waals surface area contributed by atoms with E-state index >= 15 is 14.4 Å². The molecule has 328 valence electrons. The van der Waals surface area contributed by atoms with Gasteiger partial charge in [0, 0.05) is 12.7 Å². The number of benzene rings is 5. The summed E-state index contributed by atoms with van der Waals surface area (Å²) >= 11 is 0. The fourth-order valence-corrected chi connectivity index (χ4v) is 9.55. The van der Waals surface area contributed by atoms with Gasteiger partial charge in [-0.2, -0.15) is 0 Å². The zero-order valence-corrected chi connectivity index (χ0v) is 35.0. The Kier molecular flexibility index (Phi) is 11.5. The number of primary amides is 1. The number of rotatable bonds is 10. The number of nitrogens with zero attached hydrogens (tertiary/aromatic N) is 3. The van der Waals surface area contributed by atoms with Crippen molar-refractivity contribution in [2.75, 3.05) is 31.8 Å². The van der Waals surface area contributed by atoms with Crippen LogP contribution in [0.5, 0.6) is 5.75 Å². The molecule has 4 heterocycles. The van der Waals surface area contributed by atoms with Crippen molar-refractivity contribution in [2.24, 2.45) is 11.7 Å². The maximum atomic E-state index is 16.2. The van der Waals surface area contributed by atoms with Gasteiger partial charge >= 0.3 is 18.1 Å². The van der Waals surface area contributed by atoms with E-state index in [1.54, 1.807) is 30.3 Å². The van der Waals surface area contributed by atoms with Crippen molar-refractivity contribution >= 4 is 46.6 Å².